The van der Waals surface area contributed by atoms with E-state index in [0.29, 0.717) is 23.5 Å². The number of ether oxygens (including phenoxy) is 1. The molecular formula is C25H26N2O7S. The number of nitrogens with zero attached hydrogens (tertiary/aromatic N) is 1. The molecule has 0 aliphatic carbocycles. The van der Waals surface area contributed by atoms with Crippen molar-refractivity contribution in [2.24, 2.45) is 11.8 Å². The summed E-state index contributed by atoms with van der Waals surface area (Å²) >= 11 is 1.58. The van der Waals surface area contributed by atoms with Gasteiger partial charge in [0.1, 0.15) is 17.0 Å². The molecule has 3 N–H and O–H groups in total. The molecule has 2 amide bonds. The lowest BCUT2D eigenvalue weighted by Crippen LogP contribution is -2.57. The lowest BCUT2D eigenvalue weighted by atomic mass is 9.77. The highest BCUT2D eigenvalue weighted by Gasteiger charge is 2.68. The Hall–Kier alpha value is -3.37. The molecular weight excluding hydrogens is 472 g/mol. The summed E-state index contributed by atoms with van der Waals surface area (Å²) < 4.78 is 5.80. The Morgan fingerprint density at radius 1 is 1.03 bits per heavy atom. The van der Waals surface area contributed by atoms with Gasteiger partial charge in [-0.25, -0.2) is 0 Å². The quantitative estimate of drug-likeness (QED) is 0.334. The molecule has 2 aliphatic rings. The maximum absolute atomic E-state index is 13.4. The number of aliphatic carboxylic acids is 2. The van der Waals surface area contributed by atoms with Gasteiger partial charge in [0.25, 0.3) is 0 Å². The summed E-state index contributed by atoms with van der Waals surface area (Å²) in [6, 6.07) is 15.1. The van der Waals surface area contributed by atoms with E-state index in [0.717, 1.165) is 10.7 Å². The number of rotatable bonds is 10. The van der Waals surface area contributed by atoms with Crippen molar-refractivity contribution in [2.45, 2.75) is 24.4 Å². The second kappa shape index (κ2) is 10.1. The Labute approximate surface area is 206 Å². The van der Waals surface area contributed by atoms with E-state index in [2.05, 4.69) is 5.32 Å². The number of carbonyl (C=O) groups is 4. The molecule has 2 heterocycles. The number of para-hydroxylation sites is 1. The average molecular weight is 499 g/mol. The number of likely N-dealkylation sites (tertiary alicyclic amines) is 1. The third kappa shape index (κ3) is 4.63. The number of thioether (sulfide) groups is 1. The molecule has 2 fully saturated rings. The van der Waals surface area contributed by atoms with E-state index in [-0.39, 0.29) is 6.54 Å². The maximum atomic E-state index is 13.4. The van der Waals surface area contributed by atoms with Gasteiger partial charge in [0.15, 0.2) is 0 Å². The summed E-state index contributed by atoms with van der Waals surface area (Å²) in [5.74, 6) is -4.37. The van der Waals surface area contributed by atoms with E-state index in [9.17, 15) is 29.4 Å². The zero-order valence-corrected chi connectivity index (χ0v) is 19.9. The Balaban J connectivity index is 1.67. The predicted octanol–water partition coefficient (Wildman–Crippen LogP) is 2.78. The molecule has 2 aliphatic heterocycles. The molecule has 2 aromatic rings. The highest BCUT2D eigenvalue weighted by Crippen LogP contribution is 2.50. The van der Waals surface area contributed by atoms with Crippen LogP contribution in [0.1, 0.15) is 24.4 Å². The molecule has 10 heteroatoms. The maximum Gasteiger partial charge on any atom is 0.325 e. The molecule has 2 aromatic carbocycles. The Bertz CT molecular complexity index is 1120. The van der Waals surface area contributed by atoms with Crippen LogP contribution in [0.3, 0.4) is 0 Å². The fraction of sp³-hybridized carbons (Fsp3) is 0.360. The van der Waals surface area contributed by atoms with Gasteiger partial charge in [0, 0.05) is 12.6 Å². The molecule has 0 radical (unpaired) electrons. The number of imide groups is 1. The van der Waals surface area contributed by atoms with Crippen molar-refractivity contribution in [3.63, 3.8) is 0 Å². The smallest absolute Gasteiger partial charge is 0.325 e. The summed E-state index contributed by atoms with van der Waals surface area (Å²) in [5, 5.41) is 22.5. The number of carboxylic acid groups (broad SMARTS) is 2. The number of nitrogens with one attached hydrogen (secondary N) is 1. The van der Waals surface area contributed by atoms with Crippen molar-refractivity contribution in [3.8, 4) is 11.5 Å². The van der Waals surface area contributed by atoms with Crippen LogP contribution in [0, 0.1) is 11.8 Å². The molecule has 9 nitrogen and oxygen atoms in total. The van der Waals surface area contributed by atoms with Gasteiger partial charge in [-0.3, -0.25) is 29.4 Å². The van der Waals surface area contributed by atoms with E-state index in [1.165, 1.54) is 0 Å². The molecule has 0 saturated carbocycles. The monoisotopic (exact) mass is 498 g/mol. The van der Waals surface area contributed by atoms with Crippen molar-refractivity contribution in [3.05, 3.63) is 60.2 Å². The first-order valence-corrected chi connectivity index (χ1v) is 12.6. The third-order valence-electron chi connectivity index (χ3n) is 6.51. The van der Waals surface area contributed by atoms with E-state index in [4.69, 9.17) is 4.74 Å². The Morgan fingerprint density at radius 2 is 1.69 bits per heavy atom. The normalized spacial score (nSPS) is 25.5. The van der Waals surface area contributed by atoms with Crippen LogP contribution >= 0.6 is 11.8 Å². The van der Waals surface area contributed by atoms with Gasteiger partial charge in [0.2, 0.25) is 11.8 Å². The van der Waals surface area contributed by atoms with Gasteiger partial charge in [-0.15, -0.1) is 0 Å². The van der Waals surface area contributed by atoms with Gasteiger partial charge in [-0.1, -0.05) is 30.3 Å². The number of benzene rings is 2. The molecule has 0 spiro atoms. The molecule has 2 saturated heterocycles. The van der Waals surface area contributed by atoms with Crippen LogP contribution in [0.2, 0.25) is 0 Å². The molecule has 4 atom stereocenters. The summed E-state index contributed by atoms with van der Waals surface area (Å²) in [5.41, 5.74) is -1.53. The van der Waals surface area contributed by atoms with Crippen molar-refractivity contribution in [1.82, 2.24) is 10.2 Å². The minimum atomic E-state index is -2.10. The van der Waals surface area contributed by atoms with E-state index >= 15 is 0 Å². The summed E-state index contributed by atoms with van der Waals surface area (Å²) in [6.45, 7) is 0.171. The standard InChI is InChI=1S/C25H26N2O7S/c1-35-13-5-12-27-22(30)19-20(23(27)31)25(24(32)33,14-18(28)29)26-21(19)15-8-10-17(11-9-15)34-16-6-3-2-4-7-16/h2-4,6-11,19-21,26H,5,12-14H2,1H3,(H,28,29)(H,32,33). The Morgan fingerprint density at radius 3 is 2.29 bits per heavy atom. The van der Waals surface area contributed by atoms with Crippen LogP contribution in [0.4, 0.5) is 0 Å². The zero-order chi connectivity index (χ0) is 25.2. The number of carboxylic acids is 2. The van der Waals surface area contributed by atoms with Gasteiger partial charge in [-0.05, 0) is 48.3 Å². The minimum absolute atomic E-state index is 0.171. The lowest BCUT2D eigenvalue weighted by molar-refractivity contribution is -0.156. The second-order valence-corrected chi connectivity index (χ2v) is 9.62. The number of amides is 2. The average Bonchev–Trinajstić information content (AvgIpc) is 3.30. The highest BCUT2D eigenvalue weighted by atomic mass is 32.2. The van der Waals surface area contributed by atoms with Gasteiger partial charge in [-0.2, -0.15) is 11.8 Å². The first-order valence-electron chi connectivity index (χ1n) is 11.2. The van der Waals surface area contributed by atoms with Crippen LogP contribution < -0.4 is 10.1 Å². The number of hydrogen-bond acceptors (Lipinski definition) is 7. The van der Waals surface area contributed by atoms with Crippen LogP contribution in [0.5, 0.6) is 11.5 Å². The molecule has 35 heavy (non-hydrogen) atoms. The summed E-state index contributed by atoms with van der Waals surface area (Å²) in [7, 11) is 0. The number of hydrogen-bond donors (Lipinski definition) is 3. The fourth-order valence-corrected chi connectivity index (χ4v) is 5.40. The topological polar surface area (TPSA) is 133 Å². The molecule has 4 unspecified atom stereocenters. The molecule has 0 aromatic heterocycles. The second-order valence-electron chi connectivity index (χ2n) is 8.63. The molecule has 0 bridgehead atoms. The molecule has 184 valence electrons. The summed E-state index contributed by atoms with van der Waals surface area (Å²) in [6.07, 6.45) is 1.66. The van der Waals surface area contributed by atoms with Gasteiger partial charge < -0.3 is 14.9 Å². The van der Waals surface area contributed by atoms with Gasteiger partial charge >= 0.3 is 11.9 Å². The lowest BCUT2D eigenvalue weighted by Gasteiger charge is -2.29. The van der Waals surface area contributed by atoms with E-state index in [1.54, 1.807) is 48.2 Å². The van der Waals surface area contributed by atoms with Crippen LogP contribution in [-0.4, -0.2) is 63.0 Å². The van der Waals surface area contributed by atoms with Crippen molar-refractivity contribution < 1.29 is 34.1 Å². The Kier molecular flexibility index (Phi) is 7.13. The fourth-order valence-electron chi connectivity index (χ4n) is 4.98. The minimum Gasteiger partial charge on any atom is -0.481 e. The third-order valence-corrected chi connectivity index (χ3v) is 7.20. The van der Waals surface area contributed by atoms with Crippen molar-refractivity contribution in [2.75, 3.05) is 18.6 Å². The van der Waals surface area contributed by atoms with Crippen molar-refractivity contribution in [1.29, 1.82) is 0 Å². The predicted molar refractivity (Wildman–Crippen MR) is 128 cm³/mol. The first kappa shape index (κ1) is 24.7. The van der Waals surface area contributed by atoms with Crippen LogP contribution in [0.15, 0.2) is 54.6 Å². The molecule has 4 rings (SSSR count). The SMILES string of the molecule is CSCCCN1C(=O)C2C(c3ccc(Oc4ccccc4)cc3)NC(CC(=O)O)(C(=O)O)C2C1=O. The largest absolute Gasteiger partial charge is 0.481 e. The van der Waals surface area contributed by atoms with E-state index in [1.807, 2.05) is 24.5 Å². The number of carbonyl (C=O) groups excluding carboxylic acids is 2. The highest BCUT2D eigenvalue weighted by molar-refractivity contribution is 7.98. The van der Waals surface area contributed by atoms with Crippen LogP contribution in [-0.2, 0) is 19.2 Å². The van der Waals surface area contributed by atoms with Crippen molar-refractivity contribution >= 4 is 35.5 Å². The first-order chi connectivity index (χ1) is 16.8. The number of fused-ring (bicyclic) bond motifs is 1. The zero-order valence-electron chi connectivity index (χ0n) is 19.0. The van der Waals surface area contributed by atoms with Gasteiger partial charge in [0.05, 0.1) is 18.3 Å². The van der Waals surface area contributed by atoms with E-state index < -0.39 is 53.6 Å². The van der Waals surface area contributed by atoms with Crippen LogP contribution in [0.25, 0.3) is 0 Å². The summed E-state index contributed by atoms with van der Waals surface area (Å²) in [4.78, 5) is 51.9.